The molecule has 0 unspecified atom stereocenters. The van der Waals surface area contributed by atoms with Crippen LogP contribution in [0.1, 0.15) is 59.9 Å². The van der Waals surface area contributed by atoms with E-state index in [9.17, 15) is 9.59 Å². The Morgan fingerprint density at radius 1 is 0.833 bits per heavy atom. The molecule has 6 nitrogen and oxygen atoms in total. The molecule has 0 aliphatic heterocycles. The van der Waals surface area contributed by atoms with Crippen molar-refractivity contribution < 1.29 is 18.7 Å². The quantitative estimate of drug-likeness (QED) is 0.256. The molecule has 2 aromatic carbocycles. The minimum Gasteiger partial charge on any atom is -0.467 e. The van der Waals surface area contributed by atoms with Crippen LogP contribution in [0.25, 0.3) is 0 Å². The molecule has 3 rings (SSSR count). The molecular formula is C30H38N2O4. The van der Waals surface area contributed by atoms with Gasteiger partial charge in [0.2, 0.25) is 5.91 Å². The minimum atomic E-state index is -0.141. The molecule has 0 fully saturated rings. The number of rotatable bonds is 15. The monoisotopic (exact) mass is 490 g/mol. The summed E-state index contributed by atoms with van der Waals surface area (Å²) in [5.74, 6) is 0.435. The van der Waals surface area contributed by atoms with Crippen LogP contribution in [0.4, 0.5) is 0 Å². The van der Waals surface area contributed by atoms with E-state index in [0.717, 1.165) is 18.4 Å². The maximum atomic E-state index is 13.5. The van der Waals surface area contributed by atoms with Gasteiger partial charge in [-0.2, -0.15) is 0 Å². The SMILES string of the molecule is CCCCCc1ccc(C(=O)N(CCCOC)CC(=O)N(Cc2ccccc2)Cc2ccco2)cc1. The van der Waals surface area contributed by atoms with Gasteiger partial charge < -0.3 is 19.0 Å². The fraction of sp³-hybridized carbons (Fsp3) is 0.400. The van der Waals surface area contributed by atoms with E-state index < -0.39 is 0 Å². The lowest BCUT2D eigenvalue weighted by Gasteiger charge is -2.27. The van der Waals surface area contributed by atoms with E-state index in [2.05, 4.69) is 6.92 Å². The Labute approximate surface area is 214 Å². The van der Waals surface area contributed by atoms with Crippen molar-refractivity contribution in [2.75, 3.05) is 26.8 Å². The van der Waals surface area contributed by atoms with Crippen molar-refractivity contribution in [2.45, 2.75) is 52.1 Å². The number of unbranched alkanes of at least 4 members (excludes halogenated alkanes) is 2. The fourth-order valence-corrected chi connectivity index (χ4v) is 4.12. The van der Waals surface area contributed by atoms with Gasteiger partial charge in [0.05, 0.1) is 12.8 Å². The Kier molecular flexibility index (Phi) is 11.3. The van der Waals surface area contributed by atoms with Crippen molar-refractivity contribution in [3.05, 3.63) is 95.4 Å². The largest absolute Gasteiger partial charge is 0.467 e. The average molecular weight is 491 g/mol. The number of ether oxygens (including phenoxy) is 1. The number of furan rings is 1. The van der Waals surface area contributed by atoms with Gasteiger partial charge in [-0.3, -0.25) is 9.59 Å². The predicted molar refractivity (Wildman–Crippen MR) is 141 cm³/mol. The standard InChI is InChI=1S/C30H38N2O4/c1-3-4-6-11-25-15-17-27(18-16-25)30(34)31(19-10-20-35-2)24-29(33)32(23-28-14-9-21-36-28)22-26-12-7-5-8-13-26/h5,7-9,12-18,21H,3-4,6,10-11,19-20,22-24H2,1-2H3. The van der Waals surface area contributed by atoms with Gasteiger partial charge in [0.25, 0.3) is 5.91 Å². The zero-order valence-electron chi connectivity index (χ0n) is 21.5. The third kappa shape index (κ3) is 8.68. The number of carbonyl (C=O) groups excluding carboxylic acids is 2. The molecule has 0 bridgehead atoms. The number of hydrogen-bond acceptors (Lipinski definition) is 4. The van der Waals surface area contributed by atoms with Crippen LogP contribution in [0, 0.1) is 0 Å². The second kappa shape index (κ2) is 14.9. The summed E-state index contributed by atoms with van der Waals surface area (Å²) < 4.78 is 10.7. The van der Waals surface area contributed by atoms with Gasteiger partial charge in [-0.1, -0.05) is 62.2 Å². The maximum absolute atomic E-state index is 13.5. The van der Waals surface area contributed by atoms with E-state index in [1.807, 2.05) is 66.7 Å². The van der Waals surface area contributed by atoms with Crippen molar-refractivity contribution in [1.82, 2.24) is 9.80 Å². The second-order valence-corrected chi connectivity index (χ2v) is 9.04. The van der Waals surface area contributed by atoms with Gasteiger partial charge >= 0.3 is 0 Å². The highest BCUT2D eigenvalue weighted by atomic mass is 16.5. The Morgan fingerprint density at radius 3 is 2.28 bits per heavy atom. The number of carbonyl (C=O) groups is 2. The van der Waals surface area contributed by atoms with E-state index in [1.54, 1.807) is 23.2 Å². The molecule has 1 aromatic heterocycles. The van der Waals surface area contributed by atoms with Crippen LogP contribution in [-0.2, 0) is 29.0 Å². The number of methoxy groups -OCH3 is 1. The Bertz CT molecular complexity index is 1030. The molecule has 192 valence electrons. The van der Waals surface area contributed by atoms with Crippen LogP contribution in [0.15, 0.2) is 77.4 Å². The lowest BCUT2D eigenvalue weighted by Crippen LogP contribution is -2.43. The first-order chi connectivity index (χ1) is 17.6. The molecule has 0 saturated heterocycles. The molecule has 6 heteroatoms. The van der Waals surface area contributed by atoms with E-state index >= 15 is 0 Å². The Morgan fingerprint density at radius 2 is 1.61 bits per heavy atom. The highest BCUT2D eigenvalue weighted by molar-refractivity contribution is 5.96. The number of nitrogens with zero attached hydrogens (tertiary/aromatic N) is 2. The van der Waals surface area contributed by atoms with Crippen LogP contribution in [-0.4, -0.2) is 48.4 Å². The lowest BCUT2D eigenvalue weighted by atomic mass is 10.0. The smallest absolute Gasteiger partial charge is 0.254 e. The number of benzene rings is 2. The van der Waals surface area contributed by atoms with Crippen LogP contribution in [0.5, 0.6) is 0 Å². The van der Waals surface area contributed by atoms with Crippen molar-refractivity contribution in [3.8, 4) is 0 Å². The van der Waals surface area contributed by atoms with Crippen molar-refractivity contribution in [3.63, 3.8) is 0 Å². The molecule has 0 aliphatic rings. The van der Waals surface area contributed by atoms with Crippen LogP contribution >= 0.6 is 0 Å². The first-order valence-electron chi connectivity index (χ1n) is 12.8. The van der Waals surface area contributed by atoms with Gasteiger partial charge in [-0.15, -0.1) is 0 Å². The van der Waals surface area contributed by atoms with Gasteiger partial charge in [0.15, 0.2) is 0 Å². The third-order valence-corrected chi connectivity index (χ3v) is 6.16. The third-order valence-electron chi connectivity index (χ3n) is 6.16. The zero-order valence-corrected chi connectivity index (χ0v) is 21.5. The second-order valence-electron chi connectivity index (χ2n) is 9.04. The summed E-state index contributed by atoms with van der Waals surface area (Å²) in [7, 11) is 1.64. The Hall–Kier alpha value is -3.38. The van der Waals surface area contributed by atoms with Crippen molar-refractivity contribution in [1.29, 1.82) is 0 Å². The maximum Gasteiger partial charge on any atom is 0.254 e. The molecule has 1 heterocycles. The first-order valence-corrected chi connectivity index (χ1v) is 12.8. The van der Waals surface area contributed by atoms with Gasteiger partial charge in [-0.05, 0) is 54.7 Å². The predicted octanol–water partition coefficient (Wildman–Crippen LogP) is 5.72. The molecule has 2 amide bonds. The van der Waals surface area contributed by atoms with Crippen molar-refractivity contribution in [2.24, 2.45) is 0 Å². The number of amides is 2. The zero-order chi connectivity index (χ0) is 25.6. The molecule has 0 aliphatic carbocycles. The summed E-state index contributed by atoms with van der Waals surface area (Å²) in [5, 5.41) is 0. The number of hydrogen-bond donors (Lipinski definition) is 0. The van der Waals surface area contributed by atoms with E-state index in [1.165, 1.54) is 18.4 Å². The topological polar surface area (TPSA) is 63.0 Å². The molecular weight excluding hydrogens is 452 g/mol. The Balaban J connectivity index is 1.73. The summed E-state index contributed by atoms with van der Waals surface area (Å²) in [6.45, 7) is 3.93. The summed E-state index contributed by atoms with van der Waals surface area (Å²) in [5.41, 5.74) is 2.85. The summed E-state index contributed by atoms with van der Waals surface area (Å²) in [6, 6.07) is 21.3. The molecule has 36 heavy (non-hydrogen) atoms. The van der Waals surface area contributed by atoms with Crippen molar-refractivity contribution >= 4 is 11.8 Å². The summed E-state index contributed by atoms with van der Waals surface area (Å²) in [4.78, 5) is 30.3. The minimum absolute atomic E-state index is 0.00561. The van der Waals surface area contributed by atoms with Crippen LogP contribution in [0.2, 0.25) is 0 Å². The molecule has 0 radical (unpaired) electrons. The normalized spacial score (nSPS) is 10.8. The highest BCUT2D eigenvalue weighted by Gasteiger charge is 2.23. The summed E-state index contributed by atoms with van der Waals surface area (Å²) >= 11 is 0. The van der Waals surface area contributed by atoms with E-state index in [0.29, 0.717) is 44.0 Å². The molecule has 0 saturated carbocycles. The number of aryl methyl sites for hydroxylation is 1. The average Bonchev–Trinajstić information content (AvgIpc) is 3.42. The first kappa shape index (κ1) is 27.2. The van der Waals surface area contributed by atoms with Gasteiger partial charge in [-0.25, -0.2) is 0 Å². The molecule has 0 N–H and O–H groups in total. The fourth-order valence-electron chi connectivity index (χ4n) is 4.12. The van der Waals surface area contributed by atoms with Crippen LogP contribution in [0.3, 0.4) is 0 Å². The van der Waals surface area contributed by atoms with Gasteiger partial charge in [0, 0.05) is 32.4 Å². The lowest BCUT2D eigenvalue weighted by molar-refractivity contribution is -0.133. The molecule has 3 aromatic rings. The van der Waals surface area contributed by atoms with E-state index in [4.69, 9.17) is 9.15 Å². The highest BCUT2D eigenvalue weighted by Crippen LogP contribution is 2.15. The summed E-state index contributed by atoms with van der Waals surface area (Å²) in [6.07, 6.45) is 6.80. The molecule has 0 spiro atoms. The van der Waals surface area contributed by atoms with Crippen LogP contribution < -0.4 is 0 Å². The van der Waals surface area contributed by atoms with E-state index in [-0.39, 0.29) is 18.4 Å². The van der Waals surface area contributed by atoms with Gasteiger partial charge in [0.1, 0.15) is 12.3 Å². The molecule has 0 atom stereocenters.